The Bertz CT molecular complexity index is 481. The number of ether oxygens (including phenoxy) is 3. The van der Waals surface area contributed by atoms with Crippen molar-refractivity contribution in [2.24, 2.45) is 5.73 Å². The average Bonchev–Trinajstić information content (AvgIpc) is 2.53. The fourth-order valence-electron chi connectivity index (χ4n) is 2.07. The quantitative estimate of drug-likeness (QED) is 0.564. The second-order valence-corrected chi connectivity index (χ2v) is 4.38. The Hall–Kier alpha value is -1.90. The van der Waals surface area contributed by atoms with E-state index in [1.807, 2.05) is 19.1 Å². The van der Waals surface area contributed by atoms with Gasteiger partial charge in [-0.05, 0) is 24.6 Å². The van der Waals surface area contributed by atoms with Crippen LogP contribution in [-0.2, 0) is 0 Å². The summed E-state index contributed by atoms with van der Waals surface area (Å²) in [6, 6.07) is 3.84. The normalized spacial score (nSPS) is 11.3. The predicted molar refractivity (Wildman–Crippen MR) is 84.0 cm³/mol. The van der Waals surface area contributed by atoms with Crippen LogP contribution in [0, 0.1) is 11.8 Å². The average molecular weight is 292 g/mol. The lowest BCUT2D eigenvalue weighted by molar-refractivity contribution is 0.323. The molecule has 0 radical (unpaired) electrons. The van der Waals surface area contributed by atoms with Crippen molar-refractivity contribution in [2.75, 3.05) is 34.4 Å². The van der Waals surface area contributed by atoms with Gasteiger partial charge in [0.25, 0.3) is 0 Å². The highest BCUT2D eigenvalue weighted by atomic mass is 16.5. The topological polar surface area (TPSA) is 65.7 Å². The van der Waals surface area contributed by atoms with Crippen LogP contribution in [0.15, 0.2) is 12.1 Å². The standard InChI is InChI=1S/C16H24N2O3/c1-5-6-7-8-18-13(11-17)12-9-14(19-2)16(21-4)15(10-12)20-3/h9-10,13,18H,7-8,11,17H2,1-4H3. The van der Waals surface area contributed by atoms with Crippen molar-refractivity contribution in [2.45, 2.75) is 19.4 Å². The van der Waals surface area contributed by atoms with Crippen LogP contribution in [0.1, 0.15) is 24.9 Å². The van der Waals surface area contributed by atoms with Crippen molar-refractivity contribution in [3.05, 3.63) is 17.7 Å². The fourth-order valence-corrected chi connectivity index (χ4v) is 2.07. The summed E-state index contributed by atoms with van der Waals surface area (Å²) >= 11 is 0. The van der Waals surface area contributed by atoms with E-state index in [4.69, 9.17) is 19.9 Å². The summed E-state index contributed by atoms with van der Waals surface area (Å²) < 4.78 is 16.0. The highest BCUT2D eigenvalue weighted by Crippen LogP contribution is 2.39. The van der Waals surface area contributed by atoms with E-state index >= 15 is 0 Å². The molecular weight excluding hydrogens is 268 g/mol. The smallest absolute Gasteiger partial charge is 0.203 e. The van der Waals surface area contributed by atoms with Gasteiger partial charge in [-0.15, -0.1) is 11.8 Å². The molecule has 0 spiro atoms. The van der Waals surface area contributed by atoms with Crippen LogP contribution in [0.4, 0.5) is 0 Å². The molecule has 0 saturated heterocycles. The molecule has 1 aromatic carbocycles. The van der Waals surface area contributed by atoms with E-state index in [2.05, 4.69) is 17.2 Å². The number of methoxy groups -OCH3 is 3. The van der Waals surface area contributed by atoms with Crippen molar-refractivity contribution >= 4 is 0 Å². The van der Waals surface area contributed by atoms with Crippen LogP contribution in [0.5, 0.6) is 17.2 Å². The third-order valence-corrected chi connectivity index (χ3v) is 3.14. The summed E-state index contributed by atoms with van der Waals surface area (Å²) in [5.74, 6) is 7.72. The van der Waals surface area contributed by atoms with Gasteiger partial charge in [0.1, 0.15) is 0 Å². The first-order valence-corrected chi connectivity index (χ1v) is 6.84. The fraction of sp³-hybridized carbons (Fsp3) is 0.500. The number of nitrogens with two attached hydrogens (primary N) is 1. The predicted octanol–water partition coefficient (Wildman–Crippen LogP) is 1.72. The Balaban J connectivity index is 2.99. The third kappa shape index (κ3) is 4.55. The van der Waals surface area contributed by atoms with E-state index in [-0.39, 0.29) is 6.04 Å². The van der Waals surface area contributed by atoms with Gasteiger partial charge in [0.15, 0.2) is 11.5 Å². The van der Waals surface area contributed by atoms with Crippen molar-refractivity contribution < 1.29 is 14.2 Å². The molecule has 0 aliphatic heterocycles. The summed E-state index contributed by atoms with van der Waals surface area (Å²) in [6.07, 6.45) is 0.789. The van der Waals surface area contributed by atoms with E-state index in [1.165, 1.54) is 0 Å². The Morgan fingerprint density at radius 3 is 2.19 bits per heavy atom. The molecule has 0 heterocycles. The van der Waals surface area contributed by atoms with Gasteiger partial charge in [0, 0.05) is 25.6 Å². The van der Waals surface area contributed by atoms with Gasteiger partial charge in [-0.3, -0.25) is 0 Å². The van der Waals surface area contributed by atoms with Crippen molar-refractivity contribution in [3.8, 4) is 29.1 Å². The second kappa shape index (κ2) is 9.11. The van der Waals surface area contributed by atoms with Crippen LogP contribution in [-0.4, -0.2) is 34.4 Å². The zero-order valence-electron chi connectivity index (χ0n) is 13.2. The van der Waals surface area contributed by atoms with Gasteiger partial charge in [-0.1, -0.05) is 0 Å². The molecule has 0 aliphatic rings. The van der Waals surface area contributed by atoms with E-state index in [0.29, 0.717) is 23.8 Å². The Morgan fingerprint density at radius 1 is 1.14 bits per heavy atom. The molecule has 21 heavy (non-hydrogen) atoms. The zero-order chi connectivity index (χ0) is 15.7. The van der Waals surface area contributed by atoms with Crippen LogP contribution in [0.2, 0.25) is 0 Å². The first-order chi connectivity index (χ1) is 10.2. The molecule has 0 aromatic heterocycles. The molecule has 1 atom stereocenters. The SMILES string of the molecule is CC#CCCNC(CN)c1cc(OC)c(OC)c(OC)c1. The molecule has 0 aliphatic carbocycles. The van der Waals surface area contributed by atoms with E-state index < -0.39 is 0 Å². The molecule has 116 valence electrons. The maximum absolute atomic E-state index is 5.86. The zero-order valence-corrected chi connectivity index (χ0v) is 13.2. The molecule has 5 nitrogen and oxygen atoms in total. The van der Waals surface area contributed by atoms with Gasteiger partial charge in [0.2, 0.25) is 5.75 Å². The second-order valence-electron chi connectivity index (χ2n) is 4.38. The van der Waals surface area contributed by atoms with Crippen LogP contribution >= 0.6 is 0 Å². The molecule has 0 saturated carbocycles. The minimum atomic E-state index is 0.0114. The van der Waals surface area contributed by atoms with Crippen LogP contribution in [0.3, 0.4) is 0 Å². The minimum Gasteiger partial charge on any atom is -0.493 e. The molecule has 5 heteroatoms. The van der Waals surface area contributed by atoms with E-state index in [0.717, 1.165) is 18.5 Å². The van der Waals surface area contributed by atoms with Crippen LogP contribution < -0.4 is 25.3 Å². The summed E-state index contributed by atoms with van der Waals surface area (Å²) in [7, 11) is 4.79. The number of nitrogens with one attached hydrogen (secondary N) is 1. The Kier molecular flexibility index (Phi) is 7.44. The lowest BCUT2D eigenvalue weighted by Gasteiger charge is -2.20. The largest absolute Gasteiger partial charge is 0.493 e. The Labute approximate surface area is 126 Å². The van der Waals surface area contributed by atoms with E-state index in [9.17, 15) is 0 Å². The number of hydrogen-bond acceptors (Lipinski definition) is 5. The van der Waals surface area contributed by atoms with Gasteiger partial charge in [0.05, 0.1) is 21.3 Å². The molecule has 1 unspecified atom stereocenters. The monoisotopic (exact) mass is 292 g/mol. The maximum atomic E-state index is 5.86. The van der Waals surface area contributed by atoms with Gasteiger partial charge < -0.3 is 25.3 Å². The molecule has 0 bridgehead atoms. The van der Waals surface area contributed by atoms with Crippen molar-refractivity contribution in [1.82, 2.24) is 5.32 Å². The highest BCUT2D eigenvalue weighted by Gasteiger charge is 2.17. The maximum Gasteiger partial charge on any atom is 0.203 e. The van der Waals surface area contributed by atoms with Crippen molar-refractivity contribution in [1.29, 1.82) is 0 Å². The molecule has 0 amide bonds. The van der Waals surface area contributed by atoms with Gasteiger partial charge in [-0.25, -0.2) is 0 Å². The summed E-state index contributed by atoms with van der Waals surface area (Å²) in [6.45, 7) is 3.08. The first-order valence-electron chi connectivity index (χ1n) is 6.84. The molecule has 0 fully saturated rings. The summed E-state index contributed by atoms with van der Waals surface area (Å²) in [5, 5.41) is 3.38. The molecule has 1 rings (SSSR count). The molecule has 3 N–H and O–H groups in total. The molecular formula is C16H24N2O3. The van der Waals surface area contributed by atoms with E-state index in [1.54, 1.807) is 21.3 Å². The minimum absolute atomic E-state index is 0.0114. The summed E-state index contributed by atoms with van der Waals surface area (Å²) in [4.78, 5) is 0. The number of rotatable bonds is 8. The number of hydrogen-bond donors (Lipinski definition) is 2. The lowest BCUT2D eigenvalue weighted by Crippen LogP contribution is -2.29. The lowest BCUT2D eigenvalue weighted by atomic mass is 10.1. The first kappa shape index (κ1) is 17.2. The highest BCUT2D eigenvalue weighted by molar-refractivity contribution is 5.54. The third-order valence-electron chi connectivity index (χ3n) is 3.14. The van der Waals surface area contributed by atoms with Crippen LogP contribution in [0.25, 0.3) is 0 Å². The summed E-state index contributed by atoms with van der Waals surface area (Å²) in [5.41, 5.74) is 6.86. The van der Waals surface area contributed by atoms with Crippen molar-refractivity contribution in [3.63, 3.8) is 0 Å². The molecule has 1 aromatic rings. The van der Waals surface area contributed by atoms with Gasteiger partial charge >= 0.3 is 0 Å². The number of benzene rings is 1. The van der Waals surface area contributed by atoms with Gasteiger partial charge in [-0.2, -0.15) is 0 Å². The Morgan fingerprint density at radius 2 is 1.76 bits per heavy atom.